The van der Waals surface area contributed by atoms with Gasteiger partial charge in [0.2, 0.25) is 0 Å². The number of aromatic nitrogens is 2. The van der Waals surface area contributed by atoms with Crippen LogP contribution in [0.2, 0.25) is 0 Å². The van der Waals surface area contributed by atoms with E-state index in [4.69, 9.17) is 18.8 Å². The molecule has 0 fully saturated rings. The molecule has 3 heterocycles. The summed E-state index contributed by atoms with van der Waals surface area (Å²) >= 11 is 0. The highest BCUT2D eigenvalue weighted by molar-refractivity contribution is 6.11. The van der Waals surface area contributed by atoms with Gasteiger partial charge in [-0.05, 0) is 75.8 Å². The fraction of sp³-hybridized carbons (Fsp3) is 0. The summed E-state index contributed by atoms with van der Waals surface area (Å²) in [5, 5.41) is 4.24. The van der Waals surface area contributed by atoms with Gasteiger partial charge >= 0.3 is 0 Å². The van der Waals surface area contributed by atoms with Crippen LogP contribution in [0.4, 0.5) is 0 Å². The minimum absolute atomic E-state index is 0.610. The molecule has 0 bridgehead atoms. The Hall–Kier alpha value is -7.56. The lowest BCUT2D eigenvalue weighted by atomic mass is 9.93. The van der Waals surface area contributed by atoms with Crippen molar-refractivity contribution < 1.29 is 8.83 Å². The van der Waals surface area contributed by atoms with Crippen molar-refractivity contribution >= 4 is 43.9 Å². The Kier molecular flexibility index (Phi) is 7.46. The van der Waals surface area contributed by atoms with Crippen LogP contribution < -0.4 is 0 Å². The fourth-order valence-electron chi connectivity index (χ4n) is 8.03. The van der Waals surface area contributed by atoms with Gasteiger partial charge < -0.3 is 8.83 Å². The highest BCUT2D eigenvalue weighted by Gasteiger charge is 2.21. The molecular weight excluding hydrogens is 685 g/mol. The molecule has 0 saturated carbocycles. The maximum atomic E-state index is 6.58. The van der Waals surface area contributed by atoms with Crippen LogP contribution in [0.1, 0.15) is 0 Å². The third kappa shape index (κ3) is 5.39. The van der Waals surface area contributed by atoms with Crippen molar-refractivity contribution in [2.24, 2.45) is 0 Å². The summed E-state index contributed by atoms with van der Waals surface area (Å²) in [5.41, 5.74) is 14.2. The first-order valence-corrected chi connectivity index (χ1v) is 18.8. The van der Waals surface area contributed by atoms with E-state index in [9.17, 15) is 0 Å². The van der Waals surface area contributed by atoms with E-state index in [0.29, 0.717) is 5.82 Å². The SMILES string of the molecule is c1ccc(-c2cccc(-c3ccc(-c4ccccc4)c(-c4nc(-c5cccc6c5oc5ccccc56)cc(-c5cccc6c5oc5ccccc56)n4)c3)c2)cc1. The van der Waals surface area contributed by atoms with Crippen molar-refractivity contribution in [2.75, 3.05) is 0 Å². The number of nitrogens with zero attached hydrogens (tertiary/aromatic N) is 2. The molecule has 262 valence electrons. The summed E-state index contributed by atoms with van der Waals surface area (Å²) in [5.74, 6) is 0.610. The molecule has 56 heavy (non-hydrogen) atoms. The van der Waals surface area contributed by atoms with E-state index in [1.54, 1.807) is 0 Å². The van der Waals surface area contributed by atoms with Crippen LogP contribution in [0.25, 0.3) is 111 Å². The predicted octanol–water partition coefficient (Wildman–Crippen LogP) is 14.3. The van der Waals surface area contributed by atoms with Gasteiger partial charge in [-0.2, -0.15) is 0 Å². The highest BCUT2D eigenvalue weighted by Crippen LogP contribution is 2.42. The zero-order valence-electron chi connectivity index (χ0n) is 30.2. The third-order valence-electron chi connectivity index (χ3n) is 10.7. The van der Waals surface area contributed by atoms with E-state index in [0.717, 1.165) is 99.8 Å². The van der Waals surface area contributed by atoms with Gasteiger partial charge in [-0.25, -0.2) is 9.97 Å². The van der Waals surface area contributed by atoms with Crippen molar-refractivity contribution in [3.63, 3.8) is 0 Å². The first kappa shape index (κ1) is 31.9. The standard InChI is InChI=1S/C52H32N2O2/c1-3-14-33(15-4-1)35-18-11-19-36(30-35)37-28-29-38(34-16-5-2-6-17-34)45(31-37)52-53-46(43-24-12-22-41-39-20-7-9-26-48(39)55-50(41)43)32-47(54-52)44-25-13-23-42-40-21-8-10-27-49(40)56-51(42)44/h1-32H. The molecule has 11 aromatic rings. The quantitative estimate of drug-likeness (QED) is 0.172. The number of hydrogen-bond donors (Lipinski definition) is 0. The third-order valence-corrected chi connectivity index (χ3v) is 10.7. The van der Waals surface area contributed by atoms with Gasteiger partial charge in [-0.1, -0.05) is 152 Å². The van der Waals surface area contributed by atoms with Crippen molar-refractivity contribution in [1.29, 1.82) is 0 Å². The predicted molar refractivity (Wildman–Crippen MR) is 229 cm³/mol. The molecule has 0 aliphatic heterocycles. The molecule has 11 rings (SSSR count). The van der Waals surface area contributed by atoms with Crippen molar-refractivity contribution in [2.45, 2.75) is 0 Å². The normalized spacial score (nSPS) is 11.6. The van der Waals surface area contributed by atoms with Crippen LogP contribution in [-0.2, 0) is 0 Å². The number of furan rings is 2. The van der Waals surface area contributed by atoms with E-state index in [-0.39, 0.29) is 0 Å². The second-order valence-electron chi connectivity index (χ2n) is 14.1. The van der Waals surface area contributed by atoms with Gasteiger partial charge in [0.05, 0.1) is 11.4 Å². The van der Waals surface area contributed by atoms with Gasteiger partial charge in [0.1, 0.15) is 22.3 Å². The van der Waals surface area contributed by atoms with Gasteiger partial charge in [0.15, 0.2) is 5.82 Å². The summed E-state index contributed by atoms with van der Waals surface area (Å²) in [6.45, 7) is 0. The molecule has 0 atom stereocenters. The maximum Gasteiger partial charge on any atom is 0.161 e. The van der Waals surface area contributed by atoms with Crippen LogP contribution in [0.3, 0.4) is 0 Å². The van der Waals surface area contributed by atoms with E-state index in [1.807, 2.05) is 48.5 Å². The van der Waals surface area contributed by atoms with Crippen LogP contribution in [0, 0.1) is 0 Å². The van der Waals surface area contributed by atoms with Crippen molar-refractivity contribution in [3.05, 3.63) is 194 Å². The lowest BCUT2D eigenvalue weighted by Gasteiger charge is -2.15. The summed E-state index contributed by atoms with van der Waals surface area (Å²) in [6.07, 6.45) is 0. The Bertz CT molecular complexity index is 3120. The zero-order chi connectivity index (χ0) is 37.0. The van der Waals surface area contributed by atoms with Crippen LogP contribution in [0.5, 0.6) is 0 Å². The van der Waals surface area contributed by atoms with Crippen LogP contribution >= 0.6 is 0 Å². The highest BCUT2D eigenvalue weighted by atomic mass is 16.3. The molecule has 4 nitrogen and oxygen atoms in total. The maximum absolute atomic E-state index is 6.58. The molecule has 4 heteroatoms. The second-order valence-corrected chi connectivity index (χ2v) is 14.1. The van der Waals surface area contributed by atoms with Gasteiger partial charge in [-0.3, -0.25) is 0 Å². The zero-order valence-corrected chi connectivity index (χ0v) is 30.2. The van der Waals surface area contributed by atoms with Gasteiger partial charge in [0, 0.05) is 38.2 Å². The Labute approximate surface area is 323 Å². The van der Waals surface area contributed by atoms with Gasteiger partial charge in [-0.15, -0.1) is 0 Å². The molecule has 0 aliphatic rings. The van der Waals surface area contributed by atoms with E-state index >= 15 is 0 Å². The molecule has 0 amide bonds. The Balaban J connectivity index is 1.18. The lowest BCUT2D eigenvalue weighted by molar-refractivity contribution is 0.669. The largest absolute Gasteiger partial charge is 0.455 e. The number of hydrogen-bond acceptors (Lipinski definition) is 4. The molecular formula is C52H32N2O2. The number of benzene rings is 8. The summed E-state index contributed by atoms with van der Waals surface area (Å²) in [7, 11) is 0. The first-order chi connectivity index (χ1) is 27.7. The molecule has 0 radical (unpaired) electrons. The van der Waals surface area contributed by atoms with Crippen molar-refractivity contribution in [3.8, 4) is 67.3 Å². The van der Waals surface area contributed by atoms with Crippen LogP contribution in [-0.4, -0.2) is 9.97 Å². The minimum atomic E-state index is 0.610. The Morgan fingerprint density at radius 3 is 1.36 bits per heavy atom. The molecule has 0 aliphatic carbocycles. The fourth-order valence-corrected chi connectivity index (χ4v) is 8.03. The Morgan fingerprint density at radius 2 is 0.750 bits per heavy atom. The second kappa shape index (κ2) is 13.1. The van der Waals surface area contributed by atoms with Crippen molar-refractivity contribution in [1.82, 2.24) is 9.97 Å². The van der Waals surface area contributed by atoms with Crippen LogP contribution in [0.15, 0.2) is 203 Å². The van der Waals surface area contributed by atoms with E-state index < -0.39 is 0 Å². The van der Waals surface area contributed by atoms with Gasteiger partial charge in [0.25, 0.3) is 0 Å². The number of rotatable bonds is 6. The first-order valence-electron chi connectivity index (χ1n) is 18.8. The van der Waals surface area contributed by atoms with E-state index in [1.165, 1.54) is 5.56 Å². The van der Waals surface area contributed by atoms with E-state index in [2.05, 4.69) is 146 Å². The average molecular weight is 717 g/mol. The molecule has 0 N–H and O–H groups in total. The minimum Gasteiger partial charge on any atom is -0.455 e. The molecule has 8 aromatic carbocycles. The molecule has 3 aromatic heterocycles. The summed E-state index contributed by atoms with van der Waals surface area (Å²) < 4.78 is 13.2. The average Bonchev–Trinajstić information content (AvgIpc) is 3.86. The Morgan fingerprint density at radius 1 is 0.286 bits per heavy atom. The monoisotopic (exact) mass is 716 g/mol. The molecule has 0 unspecified atom stereocenters. The molecule has 0 spiro atoms. The number of para-hydroxylation sites is 4. The number of fused-ring (bicyclic) bond motifs is 6. The summed E-state index contributed by atoms with van der Waals surface area (Å²) in [6, 6.07) is 67.3. The molecule has 0 saturated heterocycles. The lowest BCUT2D eigenvalue weighted by Crippen LogP contribution is -1.98. The smallest absolute Gasteiger partial charge is 0.161 e. The topological polar surface area (TPSA) is 52.1 Å². The summed E-state index contributed by atoms with van der Waals surface area (Å²) in [4.78, 5) is 10.9.